The van der Waals surface area contributed by atoms with Gasteiger partial charge >= 0.3 is 0 Å². The number of ketones is 2. The Balaban J connectivity index is 2.67. The second-order valence-corrected chi connectivity index (χ2v) is 4.67. The molecule has 1 aromatic carbocycles. The number of rotatable bonds is 7. The van der Waals surface area contributed by atoms with Crippen LogP contribution >= 0.6 is 0 Å². The van der Waals surface area contributed by atoms with Gasteiger partial charge in [-0.15, -0.1) is 0 Å². The fourth-order valence-corrected chi connectivity index (χ4v) is 2.03. The normalized spacial score (nSPS) is 12.6. The quantitative estimate of drug-likeness (QED) is 0.705. The minimum atomic E-state index is -0.308. The lowest BCUT2D eigenvalue weighted by Crippen LogP contribution is -2.16. The first-order valence-electron chi connectivity index (χ1n) is 6.43. The van der Waals surface area contributed by atoms with Gasteiger partial charge in [0.1, 0.15) is 11.6 Å². The number of hydrogen-bond acceptors (Lipinski definition) is 2. The van der Waals surface area contributed by atoms with Crippen molar-refractivity contribution >= 4 is 11.6 Å². The van der Waals surface area contributed by atoms with E-state index in [1.807, 2.05) is 6.07 Å². The Morgan fingerprint density at radius 2 is 2.11 bits per heavy atom. The van der Waals surface area contributed by atoms with Crippen LogP contribution in [0.3, 0.4) is 0 Å². The van der Waals surface area contributed by atoms with Gasteiger partial charge in [-0.25, -0.2) is 4.39 Å². The number of benzene rings is 1. The van der Waals surface area contributed by atoms with E-state index < -0.39 is 0 Å². The van der Waals surface area contributed by atoms with Crippen LogP contribution in [0.2, 0.25) is 0 Å². The molecule has 102 valence electrons. The first-order chi connectivity index (χ1) is 9.02. The van der Waals surface area contributed by atoms with Crippen LogP contribution in [0.1, 0.15) is 32.3 Å². The summed E-state index contributed by atoms with van der Waals surface area (Å²) in [7, 11) is 0. The van der Waals surface area contributed by atoms with Crippen molar-refractivity contribution in [2.45, 2.75) is 33.1 Å². The maximum atomic E-state index is 13.0. The van der Waals surface area contributed by atoms with Gasteiger partial charge in [-0.2, -0.15) is 0 Å². The zero-order chi connectivity index (χ0) is 14.3. The Kier molecular flexibility index (Phi) is 6.13. The lowest BCUT2D eigenvalue weighted by molar-refractivity contribution is -0.124. The van der Waals surface area contributed by atoms with Gasteiger partial charge < -0.3 is 4.79 Å². The minimum Gasteiger partial charge on any atom is -0.300 e. The Morgan fingerprint density at radius 1 is 1.37 bits per heavy atom. The predicted octanol–water partition coefficient (Wildman–Crippen LogP) is 3.50. The molecule has 1 rings (SSSR count). The number of aryl methyl sites for hydroxylation is 1. The summed E-state index contributed by atoms with van der Waals surface area (Å²) in [5.41, 5.74) is 0.849. The lowest BCUT2D eigenvalue weighted by atomic mass is 9.91. The highest BCUT2D eigenvalue weighted by Gasteiger charge is 2.17. The standard InChI is InChI=1S/C16H19FO2/c1-3-5-16(19)14(10-12(2)18)9-8-13-6-4-7-15(17)11-13/h3-7,11,14H,8-10H2,1-2H3/b5-3-. The number of allylic oxidation sites excluding steroid dienone is 2. The molecule has 0 aliphatic heterocycles. The molecule has 1 atom stereocenters. The van der Waals surface area contributed by atoms with E-state index in [4.69, 9.17) is 0 Å². The molecule has 0 fully saturated rings. The molecule has 0 aliphatic carbocycles. The summed E-state index contributed by atoms with van der Waals surface area (Å²) in [6.45, 7) is 3.26. The molecule has 0 aliphatic rings. The molecule has 0 N–H and O–H groups in total. The van der Waals surface area contributed by atoms with Crippen molar-refractivity contribution in [3.8, 4) is 0 Å². The van der Waals surface area contributed by atoms with E-state index in [2.05, 4.69) is 0 Å². The number of Topliss-reactive ketones (excluding diaryl/α,β-unsaturated/α-hetero) is 1. The van der Waals surface area contributed by atoms with E-state index in [0.717, 1.165) is 5.56 Å². The molecule has 1 aromatic rings. The van der Waals surface area contributed by atoms with Gasteiger partial charge in [-0.05, 0) is 50.5 Å². The van der Waals surface area contributed by atoms with Crippen molar-refractivity contribution in [1.82, 2.24) is 0 Å². The smallest absolute Gasteiger partial charge is 0.158 e. The Morgan fingerprint density at radius 3 is 2.68 bits per heavy atom. The second-order valence-electron chi connectivity index (χ2n) is 4.67. The van der Waals surface area contributed by atoms with Gasteiger partial charge in [0.05, 0.1) is 0 Å². The predicted molar refractivity (Wildman–Crippen MR) is 73.3 cm³/mol. The van der Waals surface area contributed by atoms with Crippen LogP contribution in [0.5, 0.6) is 0 Å². The second kappa shape index (κ2) is 7.62. The first-order valence-corrected chi connectivity index (χ1v) is 6.43. The van der Waals surface area contributed by atoms with Crippen LogP contribution in [-0.4, -0.2) is 11.6 Å². The highest BCUT2D eigenvalue weighted by Crippen LogP contribution is 2.16. The molecular formula is C16H19FO2. The highest BCUT2D eigenvalue weighted by molar-refractivity contribution is 5.94. The molecule has 0 amide bonds. The fraction of sp³-hybridized carbons (Fsp3) is 0.375. The molecule has 0 saturated carbocycles. The van der Waals surface area contributed by atoms with E-state index in [0.29, 0.717) is 12.8 Å². The third kappa shape index (κ3) is 5.60. The molecule has 2 nitrogen and oxygen atoms in total. The van der Waals surface area contributed by atoms with Gasteiger partial charge in [0.15, 0.2) is 5.78 Å². The Labute approximate surface area is 113 Å². The summed E-state index contributed by atoms with van der Waals surface area (Å²) in [5.74, 6) is -0.617. The zero-order valence-electron chi connectivity index (χ0n) is 11.4. The van der Waals surface area contributed by atoms with Gasteiger partial charge in [-0.1, -0.05) is 18.2 Å². The third-order valence-corrected chi connectivity index (χ3v) is 2.94. The highest BCUT2D eigenvalue weighted by atomic mass is 19.1. The average molecular weight is 262 g/mol. The summed E-state index contributed by atoms with van der Waals surface area (Å²) in [6, 6.07) is 6.33. The summed E-state index contributed by atoms with van der Waals surface area (Å²) >= 11 is 0. The van der Waals surface area contributed by atoms with Gasteiger partial charge in [0, 0.05) is 12.3 Å². The molecule has 1 unspecified atom stereocenters. The molecule has 0 bridgehead atoms. The van der Waals surface area contributed by atoms with E-state index in [9.17, 15) is 14.0 Å². The molecule has 0 heterocycles. The molecule has 0 radical (unpaired) electrons. The van der Waals surface area contributed by atoms with Crippen molar-refractivity contribution in [3.63, 3.8) is 0 Å². The van der Waals surface area contributed by atoms with Crippen LogP contribution in [0.4, 0.5) is 4.39 Å². The summed E-state index contributed by atoms with van der Waals surface area (Å²) in [4.78, 5) is 23.0. The number of carbonyl (C=O) groups excluding carboxylic acids is 2. The average Bonchev–Trinajstić information content (AvgIpc) is 2.34. The van der Waals surface area contributed by atoms with E-state index in [1.165, 1.54) is 25.1 Å². The molecule has 3 heteroatoms. The minimum absolute atomic E-state index is 0.00194. The van der Waals surface area contributed by atoms with E-state index in [1.54, 1.807) is 19.1 Å². The van der Waals surface area contributed by atoms with Crippen LogP contribution in [0.15, 0.2) is 36.4 Å². The number of hydrogen-bond donors (Lipinski definition) is 0. The fourth-order valence-electron chi connectivity index (χ4n) is 2.03. The Bertz CT molecular complexity index is 477. The Hall–Kier alpha value is -1.77. The van der Waals surface area contributed by atoms with E-state index in [-0.39, 0.29) is 29.7 Å². The van der Waals surface area contributed by atoms with Crippen molar-refractivity contribution in [3.05, 3.63) is 47.8 Å². The number of carbonyl (C=O) groups is 2. The number of halogens is 1. The monoisotopic (exact) mass is 262 g/mol. The first kappa shape index (κ1) is 15.3. The largest absolute Gasteiger partial charge is 0.300 e. The van der Waals surface area contributed by atoms with Crippen molar-refractivity contribution in [1.29, 1.82) is 0 Å². The summed E-state index contributed by atoms with van der Waals surface area (Å²) in [5, 5.41) is 0. The molecule has 19 heavy (non-hydrogen) atoms. The van der Waals surface area contributed by atoms with Gasteiger partial charge in [0.25, 0.3) is 0 Å². The molecular weight excluding hydrogens is 243 g/mol. The maximum Gasteiger partial charge on any atom is 0.158 e. The van der Waals surface area contributed by atoms with Gasteiger partial charge in [0.2, 0.25) is 0 Å². The van der Waals surface area contributed by atoms with Crippen LogP contribution in [0, 0.1) is 11.7 Å². The molecule has 0 spiro atoms. The van der Waals surface area contributed by atoms with Gasteiger partial charge in [-0.3, -0.25) is 4.79 Å². The zero-order valence-corrected chi connectivity index (χ0v) is 11.4. The van der Waals surface area contributed by atoms with Crippen molar-refractivity contribution in [2.24, 2.45) is 5.92 Å². The van der Waals surface area contributed by atoms with Crippen molar-refractivity contribution in [2.75, 3.05) is 0 Å². The topological polar surface area (TPSA) is 34.1 Å². The molecule has 0 aromatic heterocycles. The lowest BCUT2D eigenvalue weighted by Gasteiger charge is -2.12. The third-order valence-electron chi connectivity index (χ3n) is 2.94. The molecule has 0 saturated heterocycles. The van der Waals surface area contributed by atoms with Crippen LogP contribution in [0.25, 0.3) is 0 Å². The van der Waals surface area contributed by atoms with Crippen LogP contribution < -0.4 is 0 Å². The summed E-state index contributed by atoms with van der Waals surface area (Å²) in [6.07, 6.45) is 4.58. The maximum absolute atomic E-state index is 13.0. The SMILES string of the molecule is C/C=C\C(=O)C(CCc1cccc(F)c1)CC(C)=O. The van der Waals surface area contributed by atoms with Crippen molar-refractivity contribution < 1.29 is 14.0 Å². The van der Waals surface area contributed by atoms with E-state index >= 15 is 0 Å². The summed E-state index contributed by atoms with van der Waals surface area (Å²) < 4.78 is 13.0. The van der Waals surface area contributed by atoms with Crippen LogP contribution in [-0.2, 0) is 16.0 Å².